The monoisotopic (exact) mass is 306 g/mol. The van der Waals surface area contributed by atoms with Crippen LogP contribution in [0.25, 0.3) is 0 Å². The van der Waals surface area contributed by atoms with Crippen LogP contribution < -0.4 is 0 Å². The van der Waals surface area contributed by atoms with Crippen LogP contribution in [0.2, 0.25) is 5.02 Å². The van der Waals surface area contributed by atoms with E-state index in [9.17, 15) is 14.9 Å². The molecule has 8 heteroatoms. The summed E-state index contributed by atoms with van der Waals surface area (Å²) in [6, 6.07) is 4.09. The van der Waals surface area contributed by atoms with Gasteiger partial charge in [-0.25, -0.2) is 4.98 Å². The molecule has 1 aromatic heterocycles. The molecule has 7 nitrogen and oxygen atoms in total. The van der Waals surface area contributed by atoms with E-state index in [0.717, 1.165) is 5.82 Å². The van der Waals surface area contributed by atoms with Gasteiger partial charge in [0.05, 0.1) is 11.5 Å². The van der Waals surface area contributed by atoms with Crippen LogP contribution in [0.3, 0.4) is 0 Å². The van der Waals surface area contributed by atoms with Gasteiger partial charge < -0.3 is 9.47 Å². The van der Waals surface area contributed by atoms with Crippen LogP contribution in [0.15, 0.2) is 30.6 Å². The number of benzene rings is 1. The lowest BCUT2D eigenvalue weighted by atomic mass is 10.1. The summed E-state index contributed by atoms with van der Waals surface area (Å²) < 4.78 is 1.98. The van der Waals surface area contributed by atoms with E-state index in [1.807, 2.05) is 10.8 Å². The predicted molar refractivity (Wildman–Crippen MR) is 75.1 cm³/mol. The van der Waals surface area contributed by atoms with Gasteiger partial charge in [0.25, 0.3) is 11.6 Å². The van der Waals surface area contributed by atoms with Crippen LogP contribution in [-0.2, 0) is 13.1 Å². The summed E-state index contributed by atoms with van der Waals surface area (Å²) in [5.74, 6) is 0.544. The molecule has 0 radical (unpaired) electrons. The second-order valence-corrected chi connectivity index (χ2v) is 5.09. The van der Waals surface area contributed by atoms with Crippen LogP contribution in [-0.4, -0.2) is 31.8 Å². The van der Waals surface area contributed by atoms with Crippen molar-refractivity contribution in [2.24, 2.45) is 0 Å². The lowest BCUT2D eigenvalue weighted by Gasteiger charge is -2.27. The minimum absolute atomic E-state index is 0.0192. The third-order valence-electron chi connectivity index (χ3n) is 3.42. The summed E-state index contributed by atoms with van der Waals surface area (Å²) >= 11 is 5.75. The highest BCUT2D eigenvalue weighted by Gasteiger charge is 2.24. The average Bonchev–Trinajstić information content (AvgIpc) is 2.94. The summed E-state index contributed by atoms with van der Waals surface area (Å²) in [5, 5.41) is 10.9. The fraction of sp³-hybridized carbons (Fsp3) is 0.231. The lowest BCUT2D eigenvalue weighted by molar-refractivity contribution is -0.384. The summed E-state index contributed by atoms with van der Waals surface area (Å²) in [4.78, 5) is 28.5. The number of carbonyl (C=O) groups excluding carboxylic acids is 1. The number of halogens is 1. The molecule has 0 aliphatic carbocycles. The molecule has 21 heavy (non-hydrogen) atoms. The highest BCUT2D eigenvalue weighted by Crippen LogP contribution is 2.26. The summed E-state index contributed by atoms with van der Waals surface area (Å²) in [6.45, 7) is 1.59. The Labute approximate surface area is 124 Å². The summed E-state index contributed by atoms with van der Waals surface area (Å²) in [7, 11) is 0. The molecule has 0 atom stereocenters. The molecule has 2 heterocycles. The summed E-state index contributed by atoms with van der Waals surface area (Å²) in [5.41, 5.74) is -0.00728. The molecule has 0 N–H and O–H groups in total. The molecule has 1 amide bonds. The van der Waals surface area contributed by atoms with Gasteiger partial charge in [-0.2, -0.15) is 0 Å². The number of nitrogens with zero attached hydrogens (tertiary/aromatic N) is 4. The van der Waals surface area contributed by atoms with Gasteiger partial charge >= 0.3 is 0 Å². The Balaban J connectivity index is 1.86. The number of imidazole rings is 1. The van der Waals surface area contributed by atoms with Crippen LogP contribution in [0.4, 0.5) is 5.69 Å². The third kappa shape index (κ3) is 2.47. The molecule has 0 spiro atoms. The first-order chi connectivity index (χ1) is 10.1. The predicted octanol–water partition coefficient (Wildman–Crippen LogP) is 2.10. The Bertz CT molecular complexity index is 728. The summed E-state index contributed by atoms with van der Waals surface area (Å²) in [6.07, 6.45) is 3.56. The van der Waals surface area contributed by atoms with E-state index < -0.39 is 4.92 Å². The van der Waals surface area contributed by atoms with Crippen molar-refractivity contribution in [1.29, 1.82) is 0 Å². The van der Waals surface area contributed by atoms with Gasteiger partial charge in [-0.3, -0.25) is 14.9 Å². The largest absolute Gasteiger partial charge is 0.332 e. The molecule has 1 aliphatic heterocycles. The second-order valence-electron chi connectivity index (χ2n) is 4.69. The molecule has 0 saturated carbocycles. The number of fused-ring (bicyclic) bond motifs is 1. The first-order valence-corrected chi connectivity index (χ1v) is 6.67. The molecule has 3 rings (SSSR count). The third-order valence-corrected chi connectivity index (χ3v) is 3.74. The van der Waals surface area contributed by atoms with Gasteiger partial charge in [-0.05, 0) is 12.1 Å². The maximum atomic E-state index is 12.4. The van der Waals surface area contributed by atoms with Crippen LogP contribution in [0, 0.1) is 10.1 Å². The Hall–Kier alpha value is -2.41. The molecule has 108 valence electrons. The first kappa shape index (κ1) is 13.6. The van der Waals surface area contributed by atoms with E-state index in [0.29, 0.717) is 19.6 Å². The normalized spacial score (nSPS) is 13.9. The molecule has 1 aromatic carbocycles. The van der Waals surface area contributed by atoms with Crippen molar-refractivity contribution in [3.63, 3.8) is 0 Å². The van der Waals surface area contributed by atoms with Gasteiger partial charge in [0.2, 0.25) is 0 Å². The van der Waals surface area contributed by atoms with E-state index in [4.69, 9.17) is 11.6 Å². The molecule has 0 fully saturated rings. The smallest absolute Gasteiger partial charge is 0.288 e. The fourth-order valence-corrected chi connectivity index (χ4v) is 2.50. The van der Waals surface area contributed by atoms with Crippen LogP contribution in [0.5, 0.6) is 0 Å². The van der Waals surface area contributed by atoms with Crippen LogP contribution in [0.1, 0.15) is 16.2 Å². The van der Waals surface area contributed by atoms with Crippen molar-refractivity contribution in [1.82, 2.24) is 14.5 Å². The maximum Gasteiger partial charge on any atom is 0.288 e. The zero-order chi connectivity index (χ0) is 15.0. The van der Waals surface area contributed by atoms with E-state index >= 15 is 0 Å². The number of amides is 1. The number of rotatable bonds is 2. The van der Waals surface area contributed by atoms with Crippen LogP contribution >= 0.6 is 11.6 Å². The standard InChI is InChI=1S/C13H11ClN4O3/c14-10-2-1-9(7-11(10)18(20)21)13(19)17-6-5-16-4-3-15-12(16)8-17/h1-4,7H,5-6,8H2. The topological polar surface area (TPSA) is 81.3 Å². The molecular formula is C13H11ClN4O3. The zero-order valence-electron chi connectivity index (χ0n) is 10.9. The minimum Gasteiger partial charge on any atom is -0.332 e. The van der Waals surface area contributed by atoms with Gasteiger partial charge in [0.1, 0.15) is 10.8 Å². The van der Waals surface area contributed by atoms with Crippen molar-refractivity contribution in [3.8, 4) is 0 Å². The van der Waals surface area contributed by atoms with E-state index in [1.54, 1.807) is 11.1 Å². The van der Waals surface area contributed by atoms with Gasteiger partial charge in [0, 0.05) is 37.1 Å². The van der Waals surface area contributed by atoms with Gasteiger partial charge in [0.15, 0.2) is 0 Å². The number of nitro groups is 1. The highest BCUT2D eigenvalue weighted by molar-refractivity contribution is 6.32. The number of nitro benzene ring substituents is 1. The van der Waals surface area contributed by atoms with E-state index in [2.05, 4.69) is 4.98 Å². The van der Waals surface area contributed by atoms with Crippen molar-refractivity contribution in [3.05, 3.63) is 57.1 Å². The fourth-order valence-electron chi connectivity index (χ4n) is 2.32. The minimum atomic E-state index is -0.595. The maximum absolute atomic E-state index is 12.4. The Morgan fingerprint density at radius 2 is 2.19 bits per heavy atom. The van der Waals surface area contributed by atoms with E-state index in [1.165, 1.54) is 18.2 Å². The SMILES string of the molecule is O=C(c1ccc(Cl)c([N+](=O)[O-])c1)N1CCn2ccnc2C1. The molecule has 0 saturated heterocycles. The van der Waals surface area contributed by atoms with Crippen molar-refractivity contribution in [2.75, 3.05) is 6.54 Å². The quantitative estimate of drug-likeness (QED) is 0.628. The molecule has 0 bridgehead atoms. The average molecular weight is 307 g/mol. The van der Waals surface area contributed by atoms with Crippen molar-refractivity contribution < 1.29 is 9.72 Å². The number of carbonyl (C=O) groups is 1. The Kier molecular flexibility index (Phi) is 3.34. The van der Waals surface area contributed by atoms with Gasteiger partial charge in [-0.15, -0.1) is 0 Å². The number of hydrogen-bond donors (Lipinski definition) is 0. The number of hydrogen-bond acceptors (Lipinski definition) is 4. The first-order valence-electron chi connectivity index (χ1n) is 6.29. The Morgan fingerprint density at radius 1 is 1.38 bits per heavy atom. The molecule has 1 aliphatic rings. The van der Waals surface area contributed by atoms with Crippen molar-refractivity contribution in [2.45, 2.75) is 13.1 Å². The molecule has 2 aromatic rings. The van der Waals surface area contributed by atoms with E-state index in [-0.39, 0.29) is 22.2 Å². The lowest BCUT2D eigenvalue weighted by Crippen LogP contribution is -2.38. The Morgan fingerprint density at radius 3 is 2.95 bits per heavy atom. The highest BCUT2D eigenvalue weighted by atomic mass is 35.5. The number of aromatic nitrogens is 2. The van der Waals surface area contributed by atoms with Gasteiger partial charge in [-0.1, -0.05) is 11.6 Å². The second kappa shape index (κ2) is 5.17. The molecule has 0 unspecified atom stereocenters. The van der Waals surface area contributed by atoms with Crippen molar-refractivity contribution >= 4 is 23.2 Å². The zero-order valence-corrected chi connectivity index (χ0v) is 11.7. The molecular weight excluding hydrogens is 296 g/mol.